The molecule has 0 bridgehead atoms. The summed E-state index contributed by atoms with van der Waals surface area (Å²) in [5, 5.41) is 0. The van der Waals surface area contributed by atoms with Crippen molar-refractivity contribution in [2.75, 3.05) is 6.61 Å². The molecule has 1 aromatic rings. The fraction of sp³-hybridized carbons (Fsp3) is 0.273. The van der Waals surface area contributed by atoms with Crippen molar-refractivity contribution in [3.63, 3.8) is 0 Å². The number of aryl methyl sites for hydroxylation is 1. The van der Waals surface area contributed by atoms with Crippen LogP contribution in [0, 0.1) is 25.1 Å². The number of hydrogen-bond donors (Lipinski definition) is 0. The molecule has 0 aliphatic rings. The van der Waals surface area contributed by atoms with Crippen molar-refractivity contribution in [1.82, 2.24) is 0 Å². The van der Waals surface area contributed by atoms with Crippen molar-refractivity contribution < 1.29 is 9.13 Å². The molecule has 0 amide bonds. The highest BCUT2D eigenvalue weighted by Crippen LogP contribution is 2.18. The lowest BCUT2D eigenvalue weighted by Gasteiger charge is -2.06. The first-order valence-electron chi connectivity index (χ1n) is 4.06. The molecule has 0 unspecified atom stereocenters. The lowest BCUT2D eigenvalue weighted by atomic mass is 10.2. The zero-order valence-electron chi connectivity index (χ0n) is 7.51. The minimum Gasteiger partial charge on any atom is -0.492 e. The van der Waals surface area contributed by atoms with Gasteiger partial charge in [-0.25, -0.2) is 4.39 Å². The van der Waals surface area contributed by atoms with Crippen molar-refractivity contribution in [1.29, 1.82) is 0 Å². The maximum absolute atomic E-state index is 12.6. The molecule has 68 valence electrons. The largest absolute Gasteiger partial charge is 0.492 e. The first kappa shape index (κ1) is 9.60. The molecular formula is C11H11FO. The van der Waals surface area contributed by atoms with Gasteiger partial charge >= 0.3 is 0 Å². The minimum absolute atomic E-state index is 0.248. The molecule has 0 aliphatic heterocycles. The van der Waals surface area contributed by atoms with Crippen LogP contribution >= 0.6 is 0 Å². The molecule has 0 saturated carbocycles. The fourth-order valence-corrected chi connectivity index (χ4v) is 0.995. The van der Waals surface area contributed by atoms with Gasteiger partial charge in [-0.2, -0.15) is 0 Å². The summed E-state index contributed by atoms with van der Waals surface area (Å²) in [6.07, 6.45) is 5.63. The van der Waals surface area contributed by atoms with E-state index < -0.39 is 0 Å². The van der Waals surface area contributed by atoms with E-state index >= 15 is 0 Å². The molecule has 2 heteroatoms. The molecule has 1 rings (SSSR count). The van der Waals surface area contributed by atoms with Gasteiger partial charge in [-0.05, 0) is 30.7 Å². The molecule has 1 nitrogen and oxygen atoms in total. The van der Waals surface area contributed by atoms with Crippen LogP contribution in [0.4, 0.5) is 4.39 Å². The lowest BCUT2D eigenvalue weighted by molar-refractivity contribution is 0.324. The molecular weight excluding hydrogens is 167 g/mol. The van der Waals surface area contributed by atoms with Gasteiger partial charge < -0.3 is 4.74 Å². The standard InChI is InChI=1S/C11H11FO/c1-3-4-7-13-11-6-5-10(12)8-9(11)2/h1,5-6,8H,4,7H2,2H3. The second-order valence-corrected chi connectivity index (χ2v) is 2.71. The van der Waals surface area contributed by atoms with E-state index in [0.717, 1.165) is 5.56 Å². The van der Waals surface area contributed by atoms with Crippen LogP contribution in [0.25, 0.3) is 0 Å². The molecule has 0 atom stereocenters. The Morgan fingerprint density at radius 2 is 2.31 bits per heavy atom. The van der Waals surface area contributed by atoms with Gasteiger partial charge in [0, 0.05) is 6.42 Å². The molecule has 0 aliphatic carbocycles. The lowest BCUT2D eigenvalue weighted by Crippen LogP contribution is -1.97. The van der Waals surface area contributed by atoms with Crippen LogP contribution in [0.5, 0.6) is 5.75 Å². The summed E-state index contributed by atoms with van der Waals surface area (Å²) in [6.45, 7) is 2.28. The Morgan fingerprint density at radius 3 is 2.92 bits per heavy atom. The Kier molecular flexibility index (Phi) is 3.33. The summed E-state index contributed by atoms with van der Waals surface area (Å²) < 4.78 is 18.0. The van der Waals surface area contributed by atoms with Gasteiger partial charge in [-0.15, -0.1) is 12.3 Å². The summed E-state index contributed by atoms with van der Waals surface area (Å²) in [5.74, 6) is 2.91. The maximum Gasteiger partial charge on any atom is 0.123 e. The summed E-state index contributed by atoms with van der Waals surface area (Å²) in [4.78, 5) is 0. The summed E-state index contributed by atoms with van der Waals surface area (Å²) in [7, 11) is 0. The van der Waals surface area contributed by atoms with Crippen LogP contribution < -0.4 is 4.74 Å². The van der Waals surface area contributed by atoms with E-state index in [1.807, 2.05) is 0 Å². The third kappa shape index (κ3) is 2.79. The Balaban J connectivity index is 2.62. The quantitative estimate of drug-likeness (QED) is 0.510. The Morgan fingerprint density at radius 1 is 1.54 bits per heavy atom. The van der Waals surface area contributed by atoms with Crippen LogP contribution in [-0.4, -0.2) is 6.61 Å². The van der Waals surface area contributed by atoms with Crippen molar-refractivity contribution >= 4 is 0 Å². The zero-order valence-corrected chi connectivity index (χ0v) is 7.51. The van der Waals surface area contributed by atoms with E-state index in [9.17, 15) is 4.39 Å². The number of halogens is 1. The molecule has 0 radical (unpaired) electrons. The molecule has 0 aromatic heterocycles. The monoisotopic (exact) mass is 178 g/mol. The number of benzene rings is 1. The number of hydrogen-bond acceptors (Lipinski definition) is 1. The summed E-state index contributed by atoms with van der Waals surface area (Å²) in [5.41, 5.74) is 0.789. The van der Waals surface area contributed by atoms with Gasteiger partial charge in [0.15, 0.2) is 0 Å². The summed E-state index contributed by atoms with van der Waals surface area (Å²) >= 11 is 0. The maximum atomic E-state index is 12.6. The van der Waals surface area contributed by atoms with Crippen molar-refractivity contribution in [2.45, 2.75) is 13.3 Å². The molecule has 13 heavy (non-hydrogen) atoms. The predicted molar refractivity (Wildman–Crippen MR) is 50.1 cm³/mol. The van der Waals surface area contributed by atoms with Crippen molar-refractivity contribution in [3.8, 4) is 18.1 Å². The van der Waals surface area contributed by atoms with Crippen molar-refractivity contribution in [3.05, 3.63) is 29.6 Å². The van der Waals surface area contributed by atoms with E-state index in [0.29, 0.717) is 18.8 Å². The smallest absolute Gasteiger partial charge is 0.123 e. The van der Waals surface area contributed by atoms with Gasteiger partial charge in [0.2, 0.25) is 0 Å². The van der Waals surface area contributed by atoms with E-state index in [4.69, 9.17) is 11.2 Å². The Hall–Kier alpha value is -1.49. The van der Waals surface area contributed by atoms with Crippen LogP contribution in [0.3, 0.4) is 0 Å². The second kappa shape index (κ2) is 4.51. The number of terminal acetylenes is 1. The molecule has 0 heterocycles. The van der Waals surface area contributed by atoms with Gasteiger partial charge in [-0.3, -0.25) is 0 Å². The topological polar surface area (TPSA) is 9.23 Å². The number of rotatable bonds is 3. The average Bonchev–Trinajstić information content (AvgIpc) is 2.09. The van der Waals surface area contributed by atoms with Gasteiger partial charge in [0.05, 0.1) is 6.61 Å². The number of ether oxygens (including phenoxy) is 1. The predicted octanol–water partition coefficient (Wildman–Crippen LogP) is 2.54. The Bertz CT molecular complexity index is 325. The fourth-order valence-electron chi connectivity index (χ4n) is 0.995. The second-order valence-electron chi connectivity index (χ2n) is 2.71. The van der Waals surface area contributed by atoms with E-state index in [2.05, 4.69) is 5.92 Å². The normalized spacial score (nSPS) is 9.31. The SMILES string of the molecule is C#CCCOc1ccc(F)cc1C. The molecule has 0 N–H and O–H groups in total. The average molecular weight is 178 g/mol. The third-order valence-corrected chi connectivity index (χ3v) is 1.64. The highest BCUT2D eigenvalue weighted by molar-refractivity contribution is 5.32. The van der Waals surface area contributed by atoms with E-state index in [-0.39, 0.29) is 5.82 Å². The molecule has 0 saturated heterocycles. The van der Waals surface area contributed by atoms with Crippen molar-refractivity contribution in [2.24, 2.45) is 0 Å². The highest BCUT2D eigenvalue weighted by Gasteiger charge is 1.99. The molecule has 1 aromatic carbocycles. The van der Waals surface area contributed by atoms with E-state index in [1.54, 1.807) is 13.0 Å². The molecule has 0 spiro atoms. The molecule has 0 fully saturated rings. The first-order chi connectivity index (χ1) is 6.24. The van der Waals surface area contributed by atoms with Crippen LogP contribution in [0.2, 0.25) is 0 Å². The minimum atomic E-state index is -0.248. The van der Waals surface area contributed by atoms with Gasteiger partial charge in [0.25, 0.3) is 0 Å². The van der Waals surface area contributed by atoms with Gasteiger partial charge in [-0.1, -0.05) is 0 Å². The van der Waals surface area contributed by atoms with Crippen LogP contribution in [0.15, 0.2) is 18.2 Å². The van der Waals surface area contributed by atoms with Gasteiger partial charge in [0.1, 0.15) is 11.6 Å². The summed E-state index contributed by atoms with van der Waals surface area (Å²) in [6, 6.07) is 4.42. The van der Waals surface area contributed by atoms with E-state index in [1.165, 1.54) is 12.1 Å². The first-order valence-corrected chi connectivity index (χ1v) is 4.06. The van der Waals surface area contributed by atoms with Crippen LogP contribution in [-0.2, 0) is 0 Å². The zero-order chi connectivity index (χ0) is 9.68. The van der Waals surface area contributed by atoms with Crippen LogP contribution in [0.1, 0.15) is 12.0 Å². The Labute approximate surface area is 77.5 Å². The third-order valence-electron chi connectivity index (χ3n) is 1.64. The highest BCUT2D eigenvalue weighted by atomic mass is 19.1.